The van der Waals surface area contributed by atoms with Crippen LogP contribution in [0.5, 0.6) is 11.5 Å². The molecular formula is C17H16ClNO5. The zero-order chi connectivity index (χ0) is 17.4. The number of methoxy groups -OCH3 is 2. The number of carbonyl (C=O) groups is 2. The van der Waals surface area contributed by atoms with E-state index in [1.807, 2.05) is 0 Å². The highest BCUT2D eigenvalue weighted by Crippen LogP contribution is 2.36. The van der Waals surface area contributed by atoms with Crippen LogP contribution >= 0.6 is 11.6 Å². The molecule has 2 aromatic rings. The van der Waals surface area contributed by atoms with Crippen molar-refractivity contribution in [2.75, 3.05) is 14.2 Å². The van der Waals surface area contributed by atoms with Crippen LogP contribution in [-0.2, 0) is 11.3 Å². The highest BCUT2D eigenvalue weighted by Gasteiger charge is 2.34. The highest BCUT2D eigenvalue weighted by atomic mass is 35.5. The summed E-state index contributed by atoms with van der Waals surface area (Å²) in [5.74, 6) is -0.862. The van der Waals surface area contributed by atoms with E-state index < -0.39 is 11.9 Å². The van der Waals surface area contributed by atoms with E-state index in [2.05, 4.69) is 0 Å². The van der Waals surface area contributed by atoms with E-state index in [-0.39, 0.29) is 10.8 Å². The topological polar surface area (TPSA) is 77.8 Å². The molecule has 1 aromatic heterocycles. The van der Waals surface area contributed by atoms with Crippen molar-refractivity contribution in [2.45, 2.75) is 18.9 Å². The summed E-state index contributed by atoms with van der Waals surface area (Å²) < 4.78 is 12.1. The molecule has 0 fully saturated rings. The summed E-state index contributed by atoms with van der Waals surface area (Å²) in [5.41, 5.74) is 1.23. The van der Waals surface area contributed by atoms with E-state index in [1.165, 1.54) is 14.2 Å². The lowest BCUT2D eigenvalue weighted by Crippen LogP contribution is -2.10. The Morgan fingerprint density at radius 1 is 1.17 bits per heavy atom. The smallest absolute Gasteiger partial charge is 0.312 e. The second-order valence-electron chi connectivity index (χ2n) is 5.53. The number of carbonyl (C=O) groups excluding carboxylic acids is 1. The molecule has 0 saturated heterocycles. The van der Waals surface area contributed by atoms with Crippen LogP contribution in [-0.4, -0.2) is 35.6 Å². The summed E-state index contributed by atoms with van der Waals surface area (Å²) in [6.45, 7) is 0.446. The summed E-state index contributed by atoms with van der Waals surface area (Å²) in [6.07, 6.45) is 0.448. The first-order chi connectivity index (χ1) is 11.5. The SMILES string of the molecule is COc1cc(OC)cc(C(=O)c2c(Cl)cc3n2CCC3C(=O)O)c1. The minimum atomic E-state index is -0.912. The van der Waals surface area contributed by atoms with Crippen molar-refractivity contribution in [3.8, 4) is 11.5 Å². The monoisotopic (exact) mass is 349 g/mol. The van der Waals surface area contributed by atoms with Gasteiger partial charge in [0, 0.05) is 23.9 Å². The third-order valence-corrected chi connectivity index (χ3v) is 4.50. The molecule has 1 aliphatic rings. The Morgan fingerprint density at radius 3 is 2.33 bits per heavy atom. The average Bonchev–Trinajstić information content (AvgIpc) is 3.11. The standard InChI is InChI=1S/C17H16ClNO5/c1-23-10-5-9(6-11(7-10)24-2)16(20)15-13(18)8-14-12(17(21)22)3-4-19(14)15/h5-8,12H,3-4H2,1-2H3,(H,21,22). The lowest BCUT2D eigenvalue weighted by Gasteiger charge is -2.10. The predicted octanol–water partition coefficient (Wildman–Crippen LogP) is 2.96. The fraction of sp³-hybridized carbons (Fsp3) is 0.294. The molecule has 0 aliphatic carbocycles. The Bertz CT molecular complexity index is 804. The Kier molecular flexibility index (Phi) is 4.24. The van der Waals surface area contributed by atoms with Gasteiger partial charge in [-0.2, -0.15) is 0 Å². The number of aromatic nitrogens is 1. The number of benzene rings is 1. The Morgan fingerprint density at radius 2 is 1.79 bits per heavy atom. The van der Waals surface area contributed by atoms with Crippen molar-refractivity contribution < 1.29 is 24.2 Å². The molecule has 1 aromatic carbocycles. The molecule has 0 saturated carbocycles. The Hall–Kier alpha value is -2.47. The van der Waals surface area contributed by atoms with Crippen LogP contribution in [0.15, 0.2) is 24.3 Å². The molecule has 6 nitrogen and oxygen atoms in total. The minimum absolute atomic E-state index is 0.253. The number of carboxylic acids is 1. The molecule has 7 heteroatoms. The van der Waals surface area contributed by atoms with E-state index in [1.54, 1.807) is 28.8 Å². The first-order valence-electron chi connectivity index (χ1n) is 7.35. The van der Waals surface area contributed by atoms with Gasteiger partial charge in [0.15, 0.2) is 0 Å². The zero-order valence-electron chi connectivity index (χ0n) is 13.2. The number of ether oxygens (including phenoxy) is 2. The Labute approximate surface area is 143 Å². The number of aliphatic carboxylic acids is 1. The maximum Gasteiger partial charge on any atom is 0.312 e. The van der Waals surface area contributed by atoms with E-state index in [9.17, 15) is 14.7 Å². The Balaban J connectivity index is 2.06. The maximum atomic E-state index is 12.9. The molecule has 1 N–H and O–H groups in total. The molecule has 0 amide bonds. The molecule has 24 heavy (non-hydrogen) atoms. The minimum Gasteiger partial charge on any atom is -0.497 e. The molecule has 1 aliphatic heterocycles. The molecule has 0 bridgehead atoms. The van der Waals surface area contributed by atoms with Crippen LogP contribution < -0.4 is 9.47 Å². The summed E-state index contributed by atoms with van der Waals surface area (Å²) in [6, 6.07) is 6.44. The second kappa shape index (κ2) is 6.20. The summed E-state index contributed by atoms with van der Waals surface area (Å²) >= 11 is 6.23. The molecule has 2 heterocycles. The quantitative estimate of drug-likeness (QED) is 0.840. The number of hydrogen-bond donors (Lipinski definition) is 1. The summed E-state index contributed by atoms with van der Waals surface area (Å²) in [7, 11) is 3.00. The number of rotatable bonds is 5. The molecule has 0 spiro atoms. The number of fused-ring (bicyclic) bond motifs is 1. The fourth-order valence-corrected chi connectivity index (χ4v) is 3.33. The van der Waals surface area contributed by atoms with Crippen LogP contribution in [0.4, 0.5) is 0 Å². The van der Waals surface area contributed by atoms with Gasteiger partial charge in [0.2, 0.25) is 5.78 Å². The lowest BCUT2D eigenvalue weighted by molar-refractivity contribution is -0.138. The van der Waals surface area contributed by atoms with Gasteiger partial charge < -0.3 is 19.1 Å². The normalized spacial score (nSPS) is 15.9. The summed E-state index contributed by atoms with van der Waals surface area (Å²) in [4.78, 5) is 24.3. The number of halogens is 1. The van der Waals surface area contributed by atoms with Gasteiger partial charge in [-0.25, -0.2) is 0 Å². The predicted molar refractivity (Wildman–Crippen MR) is 87.4 cm³/mol. The molecule has 0 radical (unpaired) electrons. The van der Waals surface area contributed by atoms with Crippen molar-refractivity contribution in [3.05, 3.63) is 46.2 Å². The molecule has 126 valence electrons. The molecule has 1 atom stereocenters. The van der Waals surface area contributed by atoms with Gasteiger partial charge in [-0.1, -0.05) is 11.6 Å². The second-order valence-corrected chi connectivity index (χ2v) is 5.93. The van der Waals surface area contributed by atoms with Crippen LogP contribution in [0.1, 0.15) is 34.1 Å². The van der Waals surface area contributed by atoms with Crippen LogP contribution in [0.2, 0.25) is 5.02 Å². The zero-order valence-corrected chi connectivity index (χ0v) is 14.0. The third kappa shape index (κ3) is 2.63. The van der Waals surface area contributed by atoms with Crippen molar-refractivity contribution in [2.24, 2.45) is 0 Å². The van der Waals surface area contributed by atoms with Crippen molar-refractivity contribution in [1.29, 1.82) is 0 Å². The lowest BCUT2D eigenvalue weighted by atomic mass is 10.1. The first-order valence-corrected chi connectivity index (χ1v) is 7.73. The van der Waals surface area contributed by atoms with E-state index in [0.29, 0.717) is 41.4 Å². The number of ketones is 1. The number of hydrogen-bond acceptors (Lipinski definition) is 4. The van der Waals surface area contributed by atoms with Gasteiger partial charge in [0.25, 0.3) is 0 Å². The van der Waals surface area contributed by atoms with Gasteiger partial charge in [-0.15, -0.1) is 0 Å². The number of carboxylic acid groups (broad SMARTS) is 1. The van der Waals surface area contributed by atoms with Crippen molar-refractivity contribution in [3.63, 3.8) is 0 Å². The number of nitrogens with zero attached hydrogens (tertiary/aromatic N) is 1. The summed E-state index contributed by atoms with van der Waals surface area (Å²) in [5, 5.41) is 9.53. The van der Waals surface area contributed by atoms with Crippen LogP contribution in [0.3, 0.4) is 0 Å². The van der Waals surface area contributed by atoms with Gasteiger partial charge >= 0.3 is 5.97 Å². The highest BCUT2D eigenvalue weighted by molar-refractivity contribution is 6.35. The molecule has 1 unspecified atom stereocenters. The van der Waals surface area contributed by atoms with Gasteiger partial charge in [0.1, 0.15) is 17.2 Å². The maximum absolute atomic E-state index is 12.9. The third-order valence-electron chi connectivity index (χ3n) is 4.21. The molecular weight excluding hydrogens is 334 g/mol. The van der Waals surface area contributed by atoms with E-state index >= 15 is 0 Å². The largest absolute Gasteiger partial charge is 0.497 e. The van der Waals surface area contributed by atoms with Gasteiger partial charge in [0.05, 0.1) is 25.2 Å². The van der Waals surface area contributed by atoms with Crippen LogP contribution in [0.25, 0.3) is 0 Å². The van der Waals surface area contributed by atoms with Gasteiger partial charge in [-0.3, -0.25) is 9.59 Å². The van der Waals surface area contributed by atoms with E-state index in [0.717, 1.165) is 0 Å². The van der Waals surface area contributed by atoms with E-state index in [4.69, 9.17) is 21.1 Å². The van der Waals surface area contributed by atoms with Crippen LogP contribution in [0, 0.1) is 0 Å². The van der Waals surface area contributed by atoms with Crippen molar-refractivity contribution in [1.82, 2.24) is 4.57 Å². The van der Waals surface area contributed by atoms with Gasteiger partial charge in [-0.05, 0) is 24.6 Å². The van der Waals surface area contributed by atoms with Crippen molar-refractivity contribution >= 4 is 23.4 Å². The first kappa shape index (κ1) is 16.4. The average molecular weight is 350 g/mol. The fourth-order valence-electron chi connectivity index (χ4n) is 3.03. The molecule has 3 rings (SSSR count).